The molecule has 4 aromatic rings. The van der Waals surface area contributed by atoms with E-state index in [1.165, 1.54) is 37.5 Å². The summed E-state index contributed by atoms with van der Waals surface area (Å²) >= 11 is 0. The van der Waals surface area contributed by atoms with E-state index in [2.05, 4.69) is 56.9 Å². The molecule has 0 bridgehead atoms. The Morgan fingerprint density at radius 1 is 1.15 bits per heavy atom. The fourth-order valence-corrected chi connectivity index (χ4v) is 6.90. The van der Waals surface area contributed by atoms with Crippen molar-refractivity contribution < 1.29 is 14.9 Å². The van der Waals surface area contributed by atoms with Crippen LogP contribution in [0.15, 0.2) is 30.9 Å². The van der Waals surface area contributed by atoms with Crippen LogP contribution in [0.5, 0.6) is 0 Å². The summed E-state index contributed by atoms with van der Waals surface area (Å²) in [6.07, 6.45) is 7.68. The molecule has 41 heavy (non-hydrogen) atoms. The zero-order chi connectivity index (χ0) is 28.2. The van der Waals surface area contributed by atoms with Crippen LogP contribution in [-0.4, -0.2) is 81.5 Å². The van der Waals surface area contributed by atoms with Gasteiger partial charge in [-0.25, -0.2) is 19.9 Å². The quantitative estimate of drug-likeness (QED) is 0.242. The normalized spacial score (nSPS) is 28.6. The van der Waals surface area contributed by atoms with Gasteiger partial charge in [-0.05, 0) is 75.5 Å². The van der Waals surface area contributed by atoms with Crippen molar-refractivity contribution in [3.8, 4) is 0 Å². The molecule has 218 valence electrons. The largest absolute Gasteiger partial charge is 0.387 e. The number of aliphatic hydroxyl groups is 2. The minimum atomic E-state index is -1.11. The highest BCUT2D eigenvalue weighted by atomic mass is 16.6. The summed E-state index contributed by atoms with van der Waals surface area (Å²) in [5, 5.41) is 21.8. The average molecular weight is 561 g/mol. The smallest absolute Gasteiger partial charge is 0.167 e. The van der Waals surface area contributed by atoms with E-state index in [4.69, 9.17) is 15.5 Å². The van der Waals surface area contributed by atoms with E-state index >= 15 is 0 Å². The number of aromatic nitrogens is 6. The third-order valence-corrected chi connectivity index (χ3v) is 9.65. The Labute approximate surface area is 239 Å². The highest BCUT2D eigenvalue weighted by Gasteiger charge is 2.46. The Morgan fingerprint density at radius 3 is 2.73 bits per heavy atom. The fraction of sp³-hybridized carbons (Fsp3) is 0.600. The lowest BCUT2D eigenvalue weighted by atomic mass is 9.76. The maximum Gasteiger partial charge on any atom is 0.167 e. The number of nitrogens with zero attached hydrogens (tertiary/aromatic N) is 6. The first-order chi connectivity index (χ1) is 19.9. The van der Waals surface area contributed by atoms with E-state index in [1.54, 1.807) is 4.57 Å². The Morgan fingerprint density at radius 2 is 1.98 bits per heavy atom. The average Bonchev–Trinajstić information content (AvgIpc) is 3.58. The number of aliphatic hydroxyl groups excluding tert-OH is 2. The molecule has 3 aromatic heterocycles. The van der Waals surface area contributed by atoms with Gasteiger partial charge in [0.2, 0.25) is 0 Å². The molecule has 1 aromatic carbocycles. The summed E-state index contributed by atoms with van der Waals surface area (Å²) in [5.41, 5.74) is 10.5. The predicted octanol–water partition coefficient (Wildman–Crippen LogP) is 3.29. The second-order valence-corrected chi connectivity index (χ2v) is 12.5. The second-order valence-electron chi connectivity index (χ2n) is 12.5. The summed E-state index contributed by atoms with van der Waals surface area (Å²) in [4.78, 5) is 23.4. The van der Waals surface area contributed by atoms with E-state index in [0.717, 1.165) is 48.5 Å². The minimum Gasteiger partial charge on any atom is -0.387 e. The standard InChI is InChI=1S/C30H40N8O3/c1-16(2)37(13-23-26(39)27(40)30(41-23)38-15-34-25-28(31)32-14-33-29(25)38)20-10-17(11-20)6-9-24-35-21-8-7-19(12-22(21)36-24)18-4-3-5-18/h7-8,12,14-18,20,23,26-27,30,39-40H,3-6,9-11,13H2,1-2H3,(H,35,36)(H2,31,32,33). The molecule has 0 radical (unpaired) electrons. The number of aromatic amines is 1. The van der Waals surface area contributed by atoms with Gasteiger partial charge in [0.1, 0.15) is 36.0 Å². The third-order valence-electron chi connectivity index (χ3n) is 9.65. The van der Waals surface area contributed by atoms with Gasteiger partial charge in [-0.2, -0.15) is 0 Å². The molecular weight excluding hydrogens is 520 g/mol. The Balaban J connectivity index is 0.953. The Kier molecular flexibility index (Phi) is 6.93. The van der Waals surface area contributed by atoms with Crippen molar-refractivity contribution in [3.63, 3.8) is 0 Å². The van der Waals surface area contributed by atoms with Gasteiger partial charge in [0.05, 0.1) is 17.4 Å². The molecule has 1 aliphatic heterocycles. The highest BCUT2D eigenvalue weighted by molar-refractivity contribution is 5.81. The molecule has 3 fully saturated rings. The number of H-pyrrole nitrogens is 1. The number of benzene rings is 1. The molecule has 5 N–H and O–H groups in total. The van der Waals surface area contributed by atoms with Crippen molar-refractivity contribution in [2.24, 2.45) is 5.92 Å². The number of nitrogens with two attached hydrogens (primary N) is 1. The van der Waals surface area contributed by atoms with Crippen molar-refractivity contribution in [3.05, 3.63) is 42.2 Å². The van der Waals surface area contributed by atoms with Gasteiger partial charge >= 0.3 is 0 Å². The Hall–Kier alpha value is -3.12. The molecule has 11 nitrogen and oxygen atoms in total. The number of hydrogen-bond donors (Lipinski definition) is 4. The molecule has 3 aliphatic rings. The monoisotopic (exact) mass is 560 g/mol. The molecule has 4 atom stereocenters. The van der Waals surface area contributed by atoms with Crippen LogP contribution in [0, 0.1) is 5.92 Å². The molecule has 2 saturated carbocycles. The van der Waals surface area contributed by atoms with Gasteiger partial charge < -0.3 is 25.7 Å². The van der Waals surface area contributed by atoms with E-state index in [1.807, 2.05) is 0 Å². The second kappa shape index (κ2) is 10.6. The fourth-order valence-electron chi connectivity index (χ4n) is 6.90. The van der Waals surface area contributed by atoms with Crippen LogP contribution in [0.25, 0.3) is 22.2 Å². The third kappa shape index (κ3) is 4.88. The number of fused-ring (bicyclic) bond motifs is 2. The summed E-state index contributed by atoms with van der Waals surface area (Å²) in [7, 11) is 0. The number of ether oxygens (including phenoxy) is 1. The van der Waals surface area contributed by atoms with E-state index in [0.29, 0.717) is 29.7 Å². The van der Waals surface area contributed by atoms with Gasteiger partial charge in [0.25, 0.3) is 0 Å². The summed E-state index contributed by atoms with van der Waals surface area (Å²) in [5.74, 6) is 2.72. The molecule has 1 saturated heterocycles. The summed E-state index contributed by atoms with van der Waals surface area (Å²) < 4.78 is 7.87. The van der Waals surface area contributed by atoms with Crippen LogP contribution in [0.2, 0.25) is 0 Å². The zero-order valence-corrected chi connectivity index (χ0v) is 23.7. The van der Waals surface area contributed by atoms with Gasteiger partial charge in [-0.15, -0.1) is 0 Å². The zero-order valence-electron chi connectivity index (χ0n) is 23.7. The van der Waals surface area contributed by atoms with Crippen molar-refractivity contribution >= 4 is 28.0 Å². The highest BCUT2D eigenvalue weighted by Crippen LogP contribution is 2.39. The number of anilines is 1. The van der Waals surface area contributed by atoms with Crippen molar-refractivity contribution in [1.29, 1.82) is 0 Å². The van der Waals surface area contributed by atoms with Crippen LogP contribution in [-0.2, 0) is 11.2 Å². The SMILES string of the molecule is CC(C)N(CC1OC(n2cnc3c(N)ncnc32)C(O)C1O)C1CC(CCc2nc3ccc(C4CCC4)cc3[nH]2)C1. The predicted molar refractivity (Wildman–Crippen MR) is 155 cm³/mol. The van der Waals surface area contributed by atoms with Crippen LogP contribution in [0.1, 0.15) is 75.9 Å². The number of aryl methyl sites for hydroxylation is 1. The van der Waals surface area contributed by atoms with E-state index in [9.17, 15) is 10.2 Å². The van der Waals surface area contributed by atoms with Crippen molar-refractivity contribution in [2.75, 3.05) is 12.3 Å². The molecule has 11 heteroatoms. The molecular formula is C30H40N8O3. The van der Waals surface area contributed by atoms with Crippen LogP contribution < -0.4 is 5.73 Å². The number of imidazole rings is 2. The van der Waals surface area contributed by atoms with Gasteiger partial charge in [-0.1, -0.05) is 12.5 Å². The molecule has 4 heterocycles. The van der Waals surface area contributed by atoms with Crippen molar-refractivity contribution in [2.45, 2.75) is 101 Å². The Bertz CT molecular complexity index is 1520. The first-order valence-electron chi connectivity index (χ1n) is 15.0. The molecule has 7 rings (SSSR count). The van der Waals surface area contributed by atoms with Gasteiger partial charge in [-0.3, -0.25) is 9.47 Å². The summed E-state index contributed by atoms with van der Waals surface area (Å²) in [6, 6.07) is 7.43. The number of rotatable bonds is 9. The van der Waals surface area contributed by atoms with Crippen LogP contribution in [0.3, 0.4) is 0 Å². The maximum atomic E-state index is 10.9. The first kappa shape index (κ1) is 26.8. The number of hydrogen-bond acceptors (Lipinski definition) is 9. The number of nitrogen functional groups attached to an aromatic ring is 1. The van der Waals surface area contributed by atoms with Gasteiger partial charge in [0.15, 0.2) is 17.7 Å². The molecule has 0 spiro atoms. The van der Waals surface area contributed by atoms with Crippen LogP contribution in [0.4, 0.5) is 5.82 Å². The van der Waals surface area contributed by atoms with E-state index < -0.39 is 24.5 Å². The lowest BCUT2D eigenvalue weighted by molar-refractivity contribution is -0.0620. The molecule has 2 aliphatic carbocycles. The van der Waals surface area contributed by atoms with Crippen LogP contribution >= 0.6 is 0 Å². The van der Waals surface area contributed by atoms with Gasteiger partial charge in [0, 0.05) is 25.0 Å². The topological polar surface area (TPSA) is 151 Å². The van der Waals surface area contributed by atoms with E-state index in [-0.39, 0.29) is 11.9 Å². The summed E-state index contributed by atoms with van der Waals surface area (Å²) in [6.45, 7) is 4.90. The minimum absolute atomic E-state index is 0.266. The molecule has 4 unspecified atom stereocenters. The lowest BCUT2D eigenvalue weighted by Crippen LogP contribution is -2.52. The first-order valence-corrected chi connectivity index (χ1v) is 15.0. The van der Waals surface area contributed by atoms with Crippen molar-refractivity contribution in [1.82, 2.24) is 34.4 Å². The maximum absolute atomic E-state index is 10.9. The number of nitrogens with one attached hydrogen (secondary N) is 1. The lowest BCUT2D eigenvalue weighted by Gasteiger charge is -2.46. The molecule has 0 amide bonds.